The number of carbonyl (C=O) groups is 1. The highest BCUT2D eigenvalue weighted by molar-refractivity contribution is 7.09. The van der Waals surface area contributed by atoms with Crippen LogP contribution < -0.4 is 15.4 Å². The summed E-state index contributed by atoms with van der Waals surface area (Å²) in [7, 11) is 0. The number of nitrogens with one attached hydrogen (secondary N) is 2. The normalized spacial score (nSPS) is 11.2. The molecule has 2 amide bonds. The van der Waals surface area contributed by atoms with Crippen LogP contribution in [0.2, 0.25) is 0 Å². The van der Waals surface area contributed by atoms with E-state index in [4.69, 9.17) is 4.74 Å². The van der Waals surface area contributed by atoms with Crippen molar-refractivity contribution in [2.75, 3.05) is 11.9 Å². The van der Waals surface area contributed by atoms with Gasteiger partial charge in [-0.15, -0.1) is 11.3 Å². The second-order valence-electron chi connectivity index (χ2n) is 5.91. The van der Waals surface area contributed by atoms with Gasteiger partial charge in [-0.2, -0.15) is 0 Å². The van der Waals surface area contributed by atoms with E-state index in [0.29, 0.717) is 6.61 Å². The fraction of sp³-hybridized carbons (Fsp3) is 0.412. The van der Waals surface area contributed by atoms with Gasteiger partial charge in [0.2, 0.25) is 0 Å². The highest BCUT2D eigenvalue weighted by atomic mass is 32.1. The lowest BCUT2D eigenvalue weighted by atomic mass is 10.1. The number of hydrogen-bond acceptors (Lipinski definition) is 4. The summed E-state index contributed by atoms with van der Waals surface area (Å²) in [6.07, 6.45) is 0. The first-order chi connectivity index (χ1) is 10.8. The zero-order chi connectivity index (χ0) is 17.0. The molecule has 2 aromatic rings. The van der Waals surface area contributed by atoms with Gasteiger partial charge in [-0.05, 0) is 58.4 Å². The minimum atomic E-state index is -0.526. The molecule has 1 heterocycles. The summed E-state index contributed by atoms with van der Waals surface area (Å²) in [4.78, 5) is 16.7. The third kappa shape index (κ3) is 4.45. The number of carbonyl (C=O) groups excluding carboxylic acids is 1. The zero-order valence-electron chi connectivity index (χ0n) is 14.2. The summed E-state index contributed by atoms with van der Waals surface area (Å²) in [6.45, 7) is 10.3. The van der Waals surface area contributed by atoms with Crippen molar-refractivity contribution in [1.29, 1.82) is 0 Å². The predicted octanol–water partition coefficient (Wildman–Crippen LogP) is 4.22. The molecule has 0 fully saturated rings. The summed E-state index contributed by atoms with van der Waals surface area (Å²) in [5.74, 6) is 0.801. The van der Waals surface area contributed by atoms with Gasteiger partial charge in [0.15, 0.2) is 0 Å². The fourth-order valence-electron chi connectivity index (χ4n) is 2.16. The van der Waals surface area contributed by atoms with Crippen LogP contribution in [-0.2, 0) is 5.54 Å². The molecule has 0 aliphatic heterocycles. The van der Waals surface area contributed by atoms with E-state index in [1.165, 1.54) is 0 Å². The lowest BCUT2D eigenvalue weighted by Gasteiger charge is -2.24. The van der Waals surface area contributed by atoms with E-state index >= 15 is 0 Å². The minimum absolute atomic E-state index is 0.255. The maximum Gasteiger partial charge on any atom is 0.320 e. The maximum atomic E-state index is 12.3. The number of urea groups is 1. The van der Waals surface area contributed by atoms with Crippen molar-refractivity contribution in [2.24, 2.45) is 0 Å². The molecule has 0 bridgehead atoms. The van der Waals surface area contributed by atoms with E-state index in [0.717, 1.165) is 27.7 Å². The van der Waals surface area contributed by atoms with Crippen molar-refractivity contribution in [1.82, 2.24) is 10.3 Å². The third-order valence-corrected chi connectivity index (χ3v) is 4.62. The van der Waals surface area contributed by atoms with E-state index < -0.39 is 5.54 Å². The first kappa shape index (κ1) is 17.3. The molecule has 0 saturated carbocycles. The highest BCUT2D eigenvalue weighted by Gasteiger charge is 2.26. The van der Waals surface area contributed by atoms with Gasteiger partial charge in [0, 0.05) is 16.8 Å². The van der Waals surface area contributed by atoms with Gasteiger partial charge in [-0.25, -0.2) is 9.78 Å². The van der Waals surface area contributed by atoms with Crippen LogP contribution in [0.15, 0.2) is 23.6 Å². The second-order valence-corrected chi connectivity index (χ2v) is 6.77. The Labute approximate surface area is 141 Å². The van der Waals surface area contributed by atoms with Crippen LogP contribution >= 0.6 is 11.3 Å². The van der Waals surface area contributed by atoms with Gasteiger partial charge < -0.3 is 15.4 Å². The first-order valence-corrected chi connectivity index (χ1v) is 8.45. The van der Waals surface area contributed by atoms with E-state index in [-0.39, 0.29) is 6.03 Å². The van der Waals surface area contributed by atoms with Gasteiger partial charge in [-0.1, -0.05) is 0 Å². The van der Waals surface area contributed by atoms with Crippen LogP contribution in [0, 0.1) is 13.8 Å². The molecule has 0 aliphatic carbocycles. The highest BCUT2D eigenvalue weighted by Crippen LogP contribution is 2.25. The molecular formula is C17H23N3O2S. The number of rotatable bonds is 5. The van der Waals surface area contributed by atoms with Crippen LogP contribution in [-0.4, -0.2) is 17.6 Å². The molecule has 0 atom stereocenters. The second kappa shape index (κ2) is 7.00. The van der Waals surface area contributed by atoms with Gasteiger partial charge in [0.05, 0.1) is 12.1 Å². The number of ether oxygens (including phenoxy) is 1. The molecular weight excluding hydrogens is 310 g/mol. The average molecular weight is 333 g/mol. The largest absolute Gasteiger partial charge is 0.494 e. The summed E-state index contributed by atoms with van der Waals surface area (Å²) >= 11 is 1.55. The average Bonchev–Trinajstić information content (AvgIpc) is 2.89. The van der Waals surface area contributed by atoms with E-state index in [1.807, 2.05) is 58.2 Å². The molecule has 0 spiro atoms. The molecule has 2 rings (SSSR count). The lowest BCUT2D eigenvalue weighted by Crippen LogP contribution is -2.43. The Hall–Kier alpha value is -2.08. The Morgan fingerprint density at radius 1 is 1.35 bits per heavy atom. The Kier molecular flexibility index (Phi) is 5.26. The van der Waals surface area contributed by atoms with Crippen molar-refractivity contribution in [3.05, 3.63) is 39.8 Å². The van der Waals surface area contributed by atoms with Gasteiger partial charge in [0.25, 0.3) is 0 Å². The summed E-state index contributed by atoms with van der Waals surface area (Å²) in [6, 6.07) is 5.35. The van der Waals surface area contributed by atoms with Crippen LogP contribution in [0.4, 0.5) is 10.5 Å². The predicted molar refractivity (Wildman–Crippen MR) is 94.4 cm³/mol. The minimum Gasteiger partial charge on any atom is -0.494 e. The Bertz CT molecular complexity index is 695. The van der Waals surface area contributed by atoms with Crippen molar-refractivity contribution in [3.8, 4) is 5.75 Å². The van der Waals surface area contributed by atoms with Crippen LogP contribution in [0.5, 0.6) is 5.75 Å². The number of aromatic nitrogens is 1. The molecule has 1 aromatic heterocycles. The summed E-state index contributed by atoms with van der Waals surface area (Å²) in [5, 5.41) is 8.71. The van der Waals surface area contributed by atoms with Gasteiger partial charge in [-0.3, -0.25) is 0 Å². The Morgan fingerprint density at radius 2 is 2.09 bits per heavy atom. The first-order valence-electron chi connectivity index (χ1n) is 7.57. The molecule has 0 aliphatic rings. The molecule has 1 aromatic carbocycles. The van der Waals surface area contributed by atoms with Crippen LogP contribution in [0.1, 0.15) is 37.0 Å². The molecule has 2 N–H and O–H groups in total. The summed E-state index contributed by atoms with van der Waals surface area (Å²) < 4.78 is 5.45. The SMILES string of the molecule is CCOc1ccc(NC(=O)NC(C)(C)c2nc(C)cs2)c(C)c1. The fourth-order valence-corrected chi connectivity index (χ4v) is 3.04. The number of aryl methyl sites for hydroxylation is 2. The molecule has 0 radical (unpaired) electrons. The molecule has 124 valence electrons. The molecule has 23 heavy (non-hydrogen) atoms. The number of amides is 2. The van der Waals surface area contributed by atoms with Crippen LogP contribution in [0.3, 0.4) is 0 Å². The smallest absolute Gasteiger partial charge is 0.320 e. The third-order valence-electron chi connectivity index (χ3n) is 3.34. The molecule has 0 unspecified atom stereocenters. The number of anilines is 1. The number of nitrogens with zero attached hydrogens (tertiary/aromatic N) is 1. The zero-order valence-corrected chi connectivity index (χ0v) is 15.0. The topological polar surface area (TPSA) is 63.2 Å². The maximum absolute atomic E-state index is 12.3. The number of thiazole rings is 1. The number of hydrogen-bond donors (Lipinski definition) is 2. The lowest BCUT2D eigenvalue weighted by molar-refractivity contribution is 0.241. The Morgan fingerprint density at radius 3 is 2.65 bits per heavy atom. The number of benzene rings is 1. The standard InChI is InChI=1S/C17H23N3O2S/c1-6-22-13-7-8-14(11(2)9-13)19-16(21)20-17(4,5)15-18-12(3)10-23-15/h7-10H,6H2,1-5H3,(H2,19,20,21). The van der Waals surface area contributed by atoms with Gasteiger partial charge >= 0.3 is 6.03 Å². The van der Waals surface area contributed by atoms with Crippen molar-refractivity contribution in [2.45, 2.75) is 40.2 Å². The van der Waals surface area contributed by atoms with Crippen LogP contribution in [0.25, 0.3) is 0 Å². The summed E-state index contributed by atoms with van der Waals surface area (Å²) in [5.41, 5.74) is 2.15. The molecule has 6 heteroatoms. The molecule has 5 nitrogen and oxygen atoms in total. The van der Waals surface area contributed by atoms with Crippen molar-refractivity contribution >= 4 is 23.1 Å². The van der Waals surface area contributed by atoms with E-state index in [2.05, 4.69) is 15.6 Å². The Balaban J connectivity index is 2.04. The van der Waals surface area contributed by atoms with Crippen molar-refractivity contribution < 1.29 is 9.53 Å². The molecule has 0 saturated heterocycles. The van der Waals surface area contributed by atoms with Crippen molar-refractivity contribution in [3.63, 3.8) is 0 Å². The monoisotopic (exact) mass is 333 g/mol. The quantitative estimate of drug-likeness (QED) is 0.861. The van der Waals surface area contributed by atoms with E-state index in [9.17, 15) is 4.79 Å². The van der Waals surface area contributed by atoms with E-state index in [1.54, 1.807) is 11.3 Å². The van der Waals surface area contributed by atoms with Gasteiger partial charge in [0.1, 0.15) is 10.8 Å².